The molecular weight excluding hydrogens is 392 g/mol. The Balaban J connectivity index is 1.30. The van der Waals surface area contributed by atoms with Gasteiger partial charge in [-0.05, 0) is 38.3 Å². The molecule has 2 aromatic rings. The number of rotatable bonds is 5. The molecule has 1 aromatic heterocycles. The molecule has 2 aliphatic rings. The van der Waals surface area contributed by atoms with Crippen molar-refractivity contribution in [1.29, 1.82) is 0 Å². The maximum atomic E-state index is 12.6. The summed E-state index contributed by atoms with van der Waals surface area (Å²) in [6.07, 6.45) is 3.70. The van der Waals surface area contributed by atoms with Crippen LogP contribution < -0.4 is 15.1 Å². The fraction of sp³-hybridized carbons (Fsp3) is 0.478. The molecule has 1 aromatic carbocycles. The number of piperidine rings is 1. The lowest BCUT2D eigenvalue weighted by molar-refractivity contribution is -0.130. The normalized spacial score (nSPS) is 16.9. The number of hydrogen-bond donors (Lipinski definition) is 1. The molecule has 2 fully saturated rings. The first-order valence-corrected chi connectivity index (χ1v) is 11.1. The van der Waals surface area contributed by atoms with Crippen LogP contribution in [0, 0.1) is 6.92 Å². The molecule has 8 heteroatoms. The molecule has 164 valence electrons. The van der Waals surface area contributed by atoms with Crippen molar-refractivity contribution in [3.63, 3.8) is 0 Å². The molecule has 0 unspecified atom stereocenters. The lowest BCUT2D eigenvalue weighted by atomic mass is 10.1. The van der Waals surface area contributed by atoms with Gasteiger partial charge in [-0.2, -0.15) is 0 Å². The summed E-state index contributed by atoms with van der Waals surface area (Å²) < 4.78 is 0. The van der Waals surface area contributed by atoms with E-state index < -0.39 is 0 Å². The standard InChI is InChI=1S/C23H30N6O2/c1-18-25-20(27-10-6-3-7-11-27)16-21(26-18)28-12-14-29(15-13-28)22(30)17-24-23(31)19-8-4-2-5-9-19/h2,4-5,8-9,16H,3,6-7,10-15,17H2,1H3,(H,24,31). The SMILES string of the molecule is Cc1nc(N2CCCCC2)cc(N2CCN(C(=O)CNC(=O)c3ccccc3)CC2)n1. The molecule has 2 amide bonds. The Hall–Kier alpha value is -3.16. The fourth-order valence-electron chi connectivity index (χ4n) is 4.13. The molecule has 0 bridgehead atoms. The third-order valence-corrected chi connectivity index (χ3v) is 5.88. The zero-order chi connectivity index (χ0) is 21.6. The zero-order valence-electron chi connectivity index (χ0n) is 18.1. The first-order chi connectivity index (χ1) is 15.1. The third-order valence-electron chi connectivity index (χ3n) is 5.88. The Morgan fingerprint density at radius 1 is 0.871 bits per heavy atom. The fourth-order valence-corrected chi connectivity index (χ4v) is 4.13. The van der Waals surface area contributed by atoms with E-state index in [1.54, 1.807) is 17.0 Å². The van der Waals surface area contributed by atoms with Crippen LogP contribution in [0.1, 0.15) is 35.4 Å². The van der Waals surface area contributed by atoms with E-state index in [9.17, 15) is 9.59 Å². The monoisotopic (exact) mass is 422 g/mol. The predicted octanol–water partition coefficient (Wildman–Crippen LogP) is 1.85. The number of piperazine rings is 1. The van der Waals surface area contributed by atoms with E-state index >= 15 is 0 Å². The number of hydrogen-bond acceptors (Lipinski definition) is 6. The van der Waals surface area contributed by atoms with Crippen LogP contribution in [0.15, 0.2) is 36.4 Å². The van der Waals surface area contributed by atoms with E-state index in [0.29, 0.717) is 31.7 Å². The number of nitrogens with one attached hydrogen (secondary N) is 1. The van der Waals surface area contributed by atoms with E-state index in [4.69, 9.17) is 0 Å². The molecule has 2 saturated heterocycles. The van der Waals surface area contributed by atoms with Crippen molar-refractivity contribution < 1.29 is 9.59 Å². The van der Waals surface area contributed by atoms with Crippen LogP contribution in [0.4, 0.5) is 11.6 Å². The number of nitrogens with zero attached hydrogens (tertiary/aromatic N) is 5. The summed E-state index contributed by atoms with van der Waals surface area (Å²) in [5.41, 5.74) is 0.559. The van der Waals surface area contributed by atoms with Crippen molar-refractivity contribution in [2.24, 2.45) is 0 Å². The highest BCUT2D eigenvalue weighted by molar-refractivity contribution is 5.96. The minimum atomic E-state index is -0.228. The Labute approximate surface area is 183 Å². The molecule has 0 aliphatic carbocycles. The van der Waals surface area contributed by atoms with E-state index in [2.05, 4.69) is 31.2 Å². The second-order valence-electron chi connectivity index (χ2n) is 8.10. The van der Waals surface area contributed by atoms with E-state index in [-0.39, 0.29) is 18.4 Å². The van der Waals surface area contributed by atoms with Crippen molar-refractivity contribution in [3.8, 4) is 0 Å². The summed E-state index contributed by atoms with van der Waals surface area (Å²) in [4.78, 5) is 40.4. The molecule has 0 spiro atoms. The van der Waals surface area contributed by atoms with Gasteiger partial charge in [0.1, 0.15) is 17.5 Å². The second kappa shape index (κ2) is 9.76. The zero-order valence-corrected chi connectivity index (χ0v) is 18.1. The van der Waals surface area contributed by atoms with Gasteiger partial charge in [-0.1, -0.05) is 18.2 Å². The maximum absolute atomic E-state index is 12.6. The minimum Gasteiger partial charge on any atom is -0.356 e. The Bertz CT molecular complexity index is 906. The Morgan fingerprint density at radius 2 is 1.48 bits per heavy atom. The first-order valence-electron chi connectivity index (χ1n) is 11.1. The number of anilines is 2. The quantitative estimate of drug-likeness (QED) is 0.792. The topological polar surface area (TPSA) is 81.7 Å². The molecule has 31 heavy (non-hydrogen) atoms. The molecule has 4 rings (SSSR count). The highest BCUT2D eigenvalue weighted by atomic mass is 16.2. The summed E-state index contributed by atoms with van der Waals surface area (Å²) in [5.74, 6) is 2.42. The number of carbonyl (C=O) groups excluding carboxylic acids is 2. The minimum absolute atomic E-state index is 0.0133. The second-order valence-corrected chi connectivity index (χ2v) is 8.10. The summed E-state index contributed by atoms with van der Waals surface area (Å²) in [6.45, 7) is 6.71. The third kappa shape index (κ3) is 5.31. The van der Waals surface area contributed by atoms with E-state index in [1.807, 2.05) is 25.1 Å². The van der Waals surface area contributed by atoms with Crippen LogP contribution in [0.25, 0.3) is 0 Å². The highest BCUT2D eigenvalue weighted by Gasteiger charge is 2.23. The first kappa shape index (κ1) is 21.1. The lowest BCUT2D eigenvalue weighted by Crippen LogP contribution is -2.51. The van der Waals surface area contributed by atoms with Gasteiger partial charge in [0, 0.05) is 50.9 Å². The molecule has 8 nitrogen and oxygen atoms in total. The predicted molar refractivity (Wildman–Crippen MR) is 120 cm³/mol. The number of amides is 2. The van der Waals surface area contributed by atoms with Crippen LogP contribution in [-0.2, 0) is 4.79 Å². The van der Waals surface area contributed by atoms with Crippen LogP contribution >= 0.6 is 0 Å². The Kier molecular flexibility index (Phi) is 6.64. The average Bonchev–Trinajstić information content (AvgIpc) is 2.83. The summed E-state index contributed by atoms with van der Waals surface area (Å²) in [7, 11) is 0. The van der Waals surface area contributed by atoms with Gasteiger partial charge in [0.15, 0.2) is 0 Å². The maximum Gasteiger partial charge on any atom is 0.251 e. The van der Waals surface area contributed by atoms with Gasteiger partial charge in [-0.15, -0.1) is 0 Å². The number of aryl methyl sites for hydroxylation is 1. The largest absolute Gasteiger partial charge is 0.356 e. The molecular formula is C23H30N6O2. The molecule has 2 aliphatic heterocycles. The van der Waals surface area contributed by atoms with Gasteiger partial charge in [0.05, 0.1) is 6.54 Å². The molecule has 0 saturated carbocycles. The van der Waals surface area contributed by atoms with Gasteiger partial charge in [-0.3, -0.25) is 9.59 Å². The molecule has 1 N–H and O–H groups in total. The highest BCUT2D eigenvalue weighted by Crippen LogP contribution is 2.23. The van der Waals surface area contributed by atoms with Crippen LogP contribution in [0.5, 0.6) is 0 Å². The van der Waals surface area contributed by atoms with Gasteiger partial charge < -0.3 is 20.0 Å². The molecule has 0 radical (unpaired) electrons. The average molecular weight is 423 g/mol. The van der Waals surface area contributed by atoms with Crippen molar-refractivity contribution in [2.45, 2.75) is 26.2 Å². The van der Waals surface area contributed by atoms with E-state index in [0.717, 1.165) is 30.5 Å². The summed E-state index contributed by atoms with van der Waals surface area (Å²) in [5, 5.41) is 2.72. The molecule has 0 atom stereocenters. The van der Waals surface area contributed by atoms with Gasteiger partial charge >= 0.3 is 0 Å². The number of aromatic nitrogens is 2. The van der Waals surface area contributed by atoms with E-state index in [1.165, 1.54) is 19.3 Å². The van der Waals surface area contributed by atoms with Crippen molar-refractivity contribution >= 4 is 23.5 Å². The molecule has 3 heterocycles. The lowest BCUT2D eigenvalue weighted by Gasteiger charge is -2.36. The van der Waals surface area contributed by atoms with Crippen LogP contribution in [0.3, 0.4) is 0 Å². The van der Waals surface area contributed by atoms with Crippen LogP contribution in [-0.4, -0.2) is 72.5 Å². The van der Waals surface area contributed by atoms with Crippen LogP contribution in [0.2, 0.25) is 0 Å². The number of carbonyl (C=O) groups is 2. The van der Waals surface area contributed by atoms with Gasteiger partial charge in [0.25, 0.3) is 5.91 Å². The number of benzene rings is 1. The van der Waals surface area contributed by atoms with Crippen molar-refractivity contribution in [1.82, 2.24) is 20.2 Å². The van der Waals surface area contributed by atoms with Crippen molar-refractivity contribution in [2.75, 3.05) is 55.6 Å². The summed E-state index contributed by atoms with van der Waals surface area (Å²) >= 11 is 0. The smallest absolute Gasteiger partial charge is 0.251 e. The van der Waals surface area contributed by atoms with Gasteiger partial charge in [-0.25, -0.2) is 9.97 Å². The van der Waals surface area contributed by atoms with Gasteiger partial charge in [0.2, 0.25) is 5.91 Å². The Morgan fingerprint density at radius 3 is 2.13 bits per heavy atom. The summed E-state index contributed by atoms with van der Waals surface area (Å²) in [6, 6.07) is 11.0. The van der Waals surface area contributed by atoms with Crippen molar-refractivity contribution in [3.05, 3.63) is 47.8 Å².